The lowest BCUT2D eigenvalue weighted by molar-refractivity contribution is 0.253. The Morgan fingerprint density at radius 1 is 0.885 bits per heavy atom. The Morgan fingerprint density at radius 2 is 1.62 bits per heavy atom. The minimum absolute atomic E-state index is 0.140. The molecule has 0 atom stereocenters. The average molecular weight is 340 g/mol. The number of nitrogens with two attached hydrogens (primary N) is 1. The highest BCUT2D eigenvalue weighted by molar-refractivity contribution is 5.83. The van der Waals surface area contributed by atoms with Crippen LogP contribution in [0.1, 0.15) is 24.8 Å². The third-order valence-corrected chi connectivity index (χ3v) is 5.45. The molecule has 2 N–H and O–H groups in total. The minimum Gasteiger partial charge on any atom is -0.321 e. The summed E-state index contributed by atoms with van der Waals surface area (Å²) >= 11 is 0. The predicted octanol–water partition coefficient (Wildman–Crippen LogP) is 4.43. The Kier molecular flexibility index (Phi) is 3.40. The van der Waals surface area contributed by atoms with E-state index < -0.39 is 0 Å². The first-order valence-corrected chi connectivity index (χ1v) is 9.02. The Morgan fingerprint density at radius 3 is 2.31 bits per heavy atom. The van der Waals surface area contributed by atoms with Gasteiger partial charge in [0, 0.05) is 23.6 Å². The molecular weight excluding hydrogens is 320 g/mol. The fraction of sp³-hybridized carbons (Fsp3) is 0.182. The van der Waals surface area contributed by atoms with E-state index in [4.69, 9.17) is 5.73 Å². The maximum Gasteiger partial charge on any atom is 0.163 e. The lowest BCUT2D eigenvalue weighted by atomic mass is 9.73. The smallest absolute Gasteiger partial charge is 0.163 e. The molecule has 0 saturated heterocycles. The van der Waals surface area contributed by atoms with Crippen molar-refractivity contribution in [3.8, 4) is 16.9 Å². The molecule has 0 amide bonds. The summed E-state index contributed by atoms with van der Waals surface area (Å²) in [5, 5.41) is 0. The molecule has 2 aromatic heterocycles. The zero-order chi connectivity index (χ0) is 17.6. The summed E-state index contributed by atoms with van der Waals surface area (Å²) in [6.45, 7) is 0. The van der Waals surface area contributed by atoms with Gasteiger partial charge in [-0.25, -0.2) is 4.98 Å². The average Bonchev–Trinajstić information content (AvgIpc) is 3.06. The van der Waals surface area contributed by atoms with Gasteiger partial charge in [-0.05, 0) is 48.6 Å². The molecule has 1 fully saturated rings. The van der Waals surface area contributed by atoms with E-state index in [0.717, 1.165) is 41.0 Å². The predicted molar refractivity (Wildman–Crippen MR) is 104 cm³/mol. The number of hydrogen-bond donors (Lipinski definition) is 1. The molecular formula is C22H20N4. The van der Waals surface area contributed by atoms with Gasteiger partial charge in [-0.1, -0.05) is 42.5 Å². The van der Waals surface area contributed by atoms with Crippen molar-refractivity contribution in [3.63, 3.8) is 0 Å². The molecule has 128 valence electrons. The van der Waals surface area contributed by atoms with Gasteiger partial charge in [-0.15, -0.1) is 0 Å². The van der Waals surface area contributed by atoms with Crippen LogP contribution in [0.15, 0.2) is 73.1 Å². The zero-order valence-corrected chi connectivity index (χ0v) is 14.5. The molecule has 0 radical (unpaired) electrons. The number of fused-ring (bicyclic) bond motifs is 1. The highest BCUT2D eigenvalue weighted by Gasteiger charge is 2.34. The maximum atomic E-state index is 6.48. The molecule has 4 nitrogen and oxygen atoms in total. The number of benzene rings is 2. The van der Waals surface area contributed by atoms with Gasteiger partial charge in [0.2, 0.25) is 0 Å². The van der Waals surface area contributed by atoms with Crippen molar-refractivity contribution < 1.29 is 0 Å². The quantitative estimate of drug-likeness (QED) is 0.600. The van der Waals surface area contributed by atoms with E-state index in [9.17, 15) is 0 Å². The Labute approximate surface area is 152 Å². The van der Waals surface area contributed by atoms with Gasteiger partial charge in [0.1, 0.15) is 5.52 Å². The van der Waals surface area contributed by atoms with E-state index in [2.05, 4.69) is 69.1 Å². The van der Waals surface area contributed by atoms with Gasteiger partial charge in [0.05, 0.1) is 5.69 Å². The lowest BCUT2D eigenvalue weighted by Gasteiger charge is -2.38. The molecule has 1 aliphatic carbocycles. The lowest BCUT2D eigenvalue weighted by Crippen LogP contribution is -2.43. The normalized spacial score (nSPS) is 15.7. The molecule has 4 heteroatoms. The fourth-order valence-corrected chi connectivity index (χ4v) is 3.80. The molecule has 0 bridgehead atoms. The van der Waals surface area contributed by atoms with Crippen LogP contribution >= 0.6 is 0 Å². The monoisotopic (exact) mass is 340 g/mol. The van der Waals surface area contributed by atoms with Crippen LogP contribution in [-0.4, -0.2) is 14.5 Å². The van der Waals surface area contributed by atoms with Crippen LogP contribution in [0, 0.1) is 0 Å². The maximum absolute atomic E-state index is 6.48. The van der Waals surface area contributed by atoms with E-state index in [0.29, 0.717) is 0 Å². The topological polar surface area (TPSA) is 56.7 Å². The van der Waals surface area contributed by atoms with Crippen molar-refractivity contribution in [3.05, 3.63) is 78.6 Å². The first kappa shape index (κ1) is 15.3. The fourth-order valence-electron chi connectivity index (χ4n) is 3.80. The molecule has 5 rings (SSSR count). The summed E-state index contributed by atoms with van der Waals surface area (Å²) in [6.07, 6.45) is 6.83. The molecule has 4 aromatic rings. The second-order valence-corrected chi connectivity index (χ2v) is 7.05. The Balaban J connectivity index is 1.68. The molecule has 2 heterocycles. The van der Waals surface area contributed by atoms with E-state index in [1.165, 1.54) is 12.0 Å². The van der Waals surface area contributed by atoms with Crippen LogP contribution < -0.4 is 5.73 Å². The van der Waals surface area contributed by atoms with Crippen LogP contribution in [0.25, 0.3) is 28.1 Å². The summed E-state index contributed by atoms with van der Waals surface area (Å²) < 4.78 is 2.17. The molecule has 26 heavy (non-hydrogen) atoms. The first-order chi connectivity index (χ1) is 12.7. The van der Waals surface area contributed by atoms with E-state index in [1.807, 2.05) is 6.07 Å². The second-order valence-electron chi connectivity index (χ2n) is 7.05. The van der Waals surface area contributed by atoms with Gasteiger partial charge in [0.15, 0.2) is 5.65 Å². The zero-order valence-electron chi connectivity index (χ0n) is 14.5. The second kappa shape index (κ2) is 5.78. The van der Waals surface area contributed by atoms with Gasteiger partial charge in [-0.2, -0.15) is 0 Å². The Hall–Kier alpha value is -2.98. The highest BCUT2D eigenvalue weighted by Crippen LogP contribution is 2.39. The molecule has 0 unspecified atom stereocenters. The Bertz CT molecular complexity index is 1060. The van der Waals surface area contributed by atoms with Crippen LogP contribution in [0.5, 0.6) is 0 Å². The standard InChI is InChI=1S/C22H20N4/c23-22(11-4-12-22)17-7-9-18(10-8-17)26-20(16-5-2-1-3-6-16)15-19-21(26)25-14-13-24-19/h1-3,5-10,13-15H,4,11-12,23H2. The van der Waals surface area contributed by atoms with Crippen LogP contribution in [-0.2, 0) is 5.54 Å². The summed E-state index contributed by atoms with van der Waals surface area (Å²) in [5.41, 5.74) is 12.6. The van der Waals surface area contributed by atoms with Crippen molar-refractivity contribution in [1.82, 2.24) is 14.5 Å². The molecule has 0 aliphatic heterocycles. The van der Waals surface area contributed by atoms with Crippen molar-refractivity contribution in [2.45, 2.75) is 24.8 Å². The SMILES string of the molecule is NC1(c2ccc(-n3c(-c4ccccc4)cc4nccnc43)cc2)CCC1. The first-order valence-electron chi connectivity index (χ1n) is 9.02. The number of rotatable bonds is 3. The summed E-state index contributed by atoms with van der Waals surface area (Å²) in [5.74, 6) is 0. The number of nitrogens with zero attached hydrogens (tertiary/aromatic N) is 3. The van der Waals surface area contributed by atoms with Crippen molar-refractivity contribution in [2.24, 2.45) is 5.73 Å². The van der Waals surface area contributed by atoms with Gasteiger partial charge in [-0.3, -0.25) is 9.55 Å². The molecule has 1 saturated carbocycles. The van der Waals surface area contributed by atoms with Crippen LogP contribution in [0.4, 0.5) is 0 Å². The van der Waals surface area contributed by atoms with Crippen molar-refractivity contribution in [1.29, 1.82) is 0 Å². The van der Waals surface area contributed by atoms with Crippen molar-refractivity contribution in [2.75, 3.05) is 0 Å². The molecule has 1 aliphatic rings. The molecule has 2 aromatic carbocycles. The van der Waals surface area contributed by atoms with Gasteiger partial charge in [0.25, 0.3) is 0 Å². The summed E-state index contributed by atoms with van der Waals surface area (Å²) in [7, 11) is 0. The van der Waals surface area contributed by atoms with E-state index >= 15 is 0 Å². The summed E-state index contributed by atoms with van der Waals surface area (Å²) in [4.78, 5) is 9.07. The van der Waals surface area contributed by atoms with E-state index in [1.54, 1.807) is 12.4 Å². The minimum atomic E-state index is -0.140. The van der Waals surface area contributed by atoms with Gasteiger partial charge >= 0.3 is 0 Å². The third kappa shape index (κ3) is 2.34. The van der Waals surface area contributed by atoms with Crippen LogP contribution in [0.2, 0.25) is 0 Å². The van der Waals surface area contributed by atoms with Crippen LogP contribution in [0.3, 0.4) is 0 Å². The third-order valence-electron chi connectivity index (χ3n) is 5.45. The van der Waals surface area contributed by atoms with Gasteiger partial charge < -0.3 is 5.73 Å². The number of hydrogen-bond acceptors (Lipinski definition) is 3. The largest absolute Gasteiger partial charge is 0.321 e. The number of aromatic nitrogens is 3. The van der Waals surface area contributed by atoms with E-state index in [-0.39, 0.29) is 5.54 Å². The molecule has 0 spiro atoms. The summed E-state index contributed by atoms with van der Waals surface area (Å²) in [6, 6.07) is 21.1. The highest BCUT2D eigenvalue weighted by atomic mass is 15.1. The van der Waals surface area contributed by atoms with Crippen molar-refractivity contribution >= 4 is 11.2 Å².